The molecule has 0 radical (unpaired) electrons. The van der Waals surface area contributed by atoms with Crippen molar-refractivity contribution in [2.75, 3.05) is 5.32 Å². The van der Waals surface area contributed by atoms with Crippen LogP contribution < -0.4 is 5.32 Å². The largest absolute Gasteiger partial charge is 0.364 e. The molecule has 1 atom stereocenters. The van der Waals surface area contributed by atoms with Gasteiger partial charge in [-0.2, -0.15) is 0 Å². The average Bonchev–Trinajstić information content (AvgIpc) is 2.85. The van der Waals surface area contributed by atoms with Gasteiger partial charge < -0.3 is 5.32 Å². The van der Waals surface area contributed by atoms with Gasteiger partial charge in [0.05, 0.1) is 5.52 Å². The van der Waals surface area contributed by atoms with Crippen LogP contribution in [-0.2, 0) is 0 Å². The van der Waals surface area contributed by atoms with E-state index in [1.54, 1.807) is 0 Å². The normalized spacial score (nSPS) is 12.5. The number of nitrogens with zero attached hydrogens (tertiary/aromatic N) is 3. The third-order valence-corrected chi connectivity index (χ3v) is 3.17. The molecule has 1 heterocycles. The van der Waals surface area contributed by atoms with E-state index in [0.717, 1.165) is 16.7 Å². The number of hydrogen-bond acceptors (Lipinski definition) is 3. The molecule has 0 aliphatic heterocycles. The van der Waals surface area contributed by atoms with Gasteiger partial charge in [-0.05, 0) is 38.1 Å². The number of nitrogens with one attached hydrogen (secondary N) is 1. The summed E-state index contributed by atoms with van der Waals surface area (Å²) in [5, 5.41) is 11.8. The Bertz CT molecular complexity index is 685. The van der Waals surface area contributed by atoms with Crippen molar-refractivity contribution < 1.29 is 0 Å². The smallest absolute Gasteiger partial charge is 0.120 e. The van der Waals surface area contributed by atoms with Crippen molar-refractivity contribution in [1.82, 2.24) is 15.0 Å². The molecular weight excluding hydrogens is 236 g/mol. The summed E-state index contributed by atoms with van der Waals surface area (Å²) < 4.78 is 1.90. The molecule has 0 amide bonds. The van der Waals surface area contributed by atoms with E-state index < -0.39 is 0 Å². The fourth-order valence-corrected chi connectivity index (χ4v) is 2.13. The first-order valence-corrected chi connectivity index (χ1v) is 6.37. The Kier molecular flexibility index (Phi) is 2.91. The molecule has 2 aromatic carbocycles. The highest BCUT2D eigenvalue weighted by Crippen LogP contribution is 2.18. The van der Waals surface area contributed by atoms with Gasteiger partial charge in [0.1, 0.15) is 11.7 Å². The van der Waals surface area contributed by atoms with Gasteiger partial charge in [0.15, 0.2) is 0 Å². The van der Waals surface area contributed by atoms with Crippen LogP contribution in [0.2, 0.25) is 0 Å². The second kappa shape index (κ2) is 4.72. The second-order valence-electron chi connectivity index (χ2n) is 4.71. The molecule has 0 spiro atoms. The van der Waals surface area contributed by atoms with Crippen molar-refractivity contribution in [3.8, 4) is 0 Å². The zero-order valence-corrected chi connectivity index (χ0v) is 11.0. The standard InChI is InChI=1S/C15H16N4/c1-11-7-9-13(10-8-11)16-12(2)19-15-6-4-3-5-14(15)17-18-19/h3-10,12,16H,1-2H3. The molecule has 4 nitrogen and oxygen atoms in total. The van der Waals surface area contributed by atoms with Crippen molar-refractivity contribution in [3.63, 3.8) is 0 Å². The Labute approximate surface area is 112 Å². The first kappa shape index (κ1) is 11.7. The zero-order valence-electron chi connectivity index (χ0n) is 11.0. The van der Waals surface area contributed by atoms with Crippen molar-refractivity contribution in [3.05, 3.63) is 54.1 Å². The Balaban J connectivity index is 1.87. The monoisotopic (exact) mass is 252 g/mol. The second-order valence-corrected chi connectivity index (χ2v) is 4.71. The molecule has 3 rings (SSSR count). The highest BCUT2D eigenvalue weighted by atomic mass is 15.5. The van der Waals surface area contributed by atoms with E-state index in [1.807, 2.05) is 28.9 Å². The fourth-order valence-electron chi connectivity index (χ4n) is 2.13. The molecule has 0 aliphatic carbocycles. The molecular formula is C15H16N4. The van der Waals surface area contributed by atoms with Crippen molar-refractivity contribution >= 4 is 16.7 Å². The van der Waals surface area contributed by atoms with Crippen LogP contribution in [0.3, 0.4) is 0 Å². The summed E-state index contributed by atoms with van der Waals surface area (Å²) in [5.41, 5.74) is 4.29. The van der Waals surface area contributed by atoms with Crippen LogP contribution in [0.4, 0.5) is 5.69 Å². The predicted molar refractivity (Wildman–Crippen MR) is 77.0 cm³/mol. The van der Waals surface area contributed by atoms with Gasteiger partial charge in [-0.1, -0.05) is 35.0 Å². The third kappa shape index (κ3) is 2.29. The minimum absolute atomic E-state index is 0.0510. The van der Waals surface area contributed by atoms with Crippen LogP contribution in [0, 0.1) is 6.92 Å². The van der Waals surface area contributed by atoms with Crippen molar-refractivity contribution in [2.45, 2.75) is 20.0 Å². The molecule has 4 heteroatoms. The summed E-state index contributed by atoms with van der Waals surface area (Å²) in [6.45, 7) is 4.15. The minimum Gasteiger partial charge on any atom is -0.364 e. The van der Waals surface area contributed by atoms with Gasteiger partial charge in [-0.25, -0.2) is 4.68 Å². The van der Waals surface area contributed by atoms with Gasteiger partial charge in [-0.3, -0.25) is 0 Å². The summed E-state index contributed by atoms with van der Waals surface area (Å²) in [6, 6.07) is 16.3. The van der Waals surface area contributed by atoms with Gasteiger partial charge in [0.25, 0.3) is 0 Å². The number of para-hydroxylation sites is 1. The predicted octanol–water partition coefficient (Wildman–Crippen LogP) is 3.37. The first-order valence-electron chi connectivity index (χ1n) is 6.37. The number of benzene rings is 2. The Morgan fingerprint density at radius 1 is 1.05 bits per heavy atom. The molecule has 0 fully saturated rings. The Hall–Kier alpha value is -2.36. The van der Waals surface area contributed by atoms with E-state index in [4.69, 9.17) is 0 Å². The van der Waals surface area contributed by atoms with E-state index >= 15 is 0 Å². The molecule has 96 valence electrons. The summed E-state index contributed by atoms with van der Waals surface area (Å²) in [7, 11) is 0. The van der Waals surface area contributed by atoms with Crippen molar-refractivity contribution in [1.29, 1.82) is 0 Å². The Morgan fingerprint density at radius 3 is 2.58 bits per heavy atom. The number of anilines is 1. The number of aryl methyl sites for hydroxylation is 1. The van der Waals surface area contributed by atoms with Gasteiger partial charge in [0.2, 0.25) is 0 Å². The molecule has 3 aromatic rings. The van der Waals surface area contributed by atoms with Crippen LogP contribution in [0.1, 0.15) is 18.7 Å². The fraction of sp³-hybridized carbons (Fsp3) is 0.200. The molecule has 0 aliphatic rings. The zero-order chi connectivity index (χ0) is 13.2. The number of aromatic nitrogens is 3. The van der Waals surface area contributed by atoms with Crippen LogP contribution in [0.15, 0.2) is 48.5 Å². The van der Waals surface area contributed by atoms with E-state index in [0.29, 0.717) is 0 Å². The Morgan fingerprint density at radius 2 is 1.79 bits per heavy atom. The number of hydrogen-bond donors (Lipinski definition) is 1. The maximum absolute atomic E-state index is 4.21. The van der Waals surface area contributed by atoms with Crippen molar-refractivity contribution in [2.24, 2.45) is 0 Å². The highest BCUT2D eigenvalue weighted by Gasteiger charge is 2.10. The molecule has 19 heavy (non-hydrogen) atoms. The molecule has 1 unspecified atom stereocenters. The third-order valence-electron chi connectivity index (χ3n) is 3.17. The average molecular weight is 252 g/mol. The lowest BCUT2D eigenvalue weighted by atomic mass is 10.2. The molecule has 0 saturated carbocycles. The topological polar surface area (TPSA) is 42.7 Å². The quantitative estimate of drug-likeness (QED) is 0.777. The summed E-state index contributed by atoms with van der Waals surface area (Å²) in [6.07, 6.45) is 0.0510. The maximum Gasteiger partial charge on any atom is 0.120 e. The minimum atomic E-state index is 0.0510. The summed E-state index contributed by atoms with van der Waals surface area (Å²) >= 11 is 0. The van der Waals surface area contributed by atoms with E-state index in [1.165, 1.54) is 5.56 Å². The first-order chi connectivity index (χ1) is 9.24. The molecule has 0 bridgehead atoms. The number of fused-ring (bicyclic) bond motifs is 1. The summed E-state index contributed by atoms with van der Waals surface area (Å²) in [5.74, 6) is 0. The van der Waals surface area contributed by atoms with Crippen LogP contribution in [0.25, 0.3) is 11.0 Å². The number of rotatable bonds is 3. The van der Waals surface area contributed by atoms with E-state index in [2.05, 4.69) is 53.7 Å². The van der Waals surface area contributed by atoms with E-state index in [-0.39, 0.29) is 6.17 Å². The lowest BCUT2D eigenvalue weighted by Gasteiger charge is -2.16. The van der Waals surface area contributed by atoms with Crippen LogP contribution >= 0.6 is 0 Å². The maximum atomic E-state index is 4.21. The molecule has 0 saturated heterocycles. The summed E-state index contributed by atoms with van der Waals surface area (Å²) in [4.78, 5) is 0. The lowest BCUT2D eigenvalue weighted by Crippen LogP contribution is -2.16. The van der Waals surface area contributed by atoms with Crippen LogP contribution in [0.5, 0.6) is 0 Å². The van der Waals surface area contributed by atoms with Gasteiger partial charge in [-0.15, -0.1) is 5.10 Å². The van der Waals surface area contributed by atoms with Crippen LogP contribution in [-0.4, -0.2) is 15.0 Å². The van der Waals surface area contributed by atoms with Gasteiger partial charge >= 0.3 is 0 Å². The SMILES string of the molecule is Cc1ccc(NC(C)n2nnc3ccccc32)cc1. The lowest BCUT2D eigenvalue weighted by molar-refractivity contribution is 0.542. The molecule has 1 aromatic heterocycles. The molecule has 1 N–H and O–H groups in total. The highest BCUT2D eigenvalue weighted by molar-refractivity contribution is 5.74. The van der Waals surface area contributed by atoms with Gasteiger partial charge in [0, 0.05) is 5.69 Å². The van der Waals surface area contributed by atoms with E-state index in [9.17, 15) is 0 Å².